The lowest BCUT2D eigenvalue weighted by molar-refractivity contribution is 0.0732. The second-order valence-corrected chi connectivity index (χ2v) is 8.43. The summed E-state index contributed by atoms with van der Waals surface area (Å²) in [6.45, 7) is 10.5. The van der Waals surface area contributed by atoms with Crippen molar-refractivity contribution in [3.8, 4) is 5.69 Å². The lowest BCUT2D eigenvalue weighted by Gasteiger charge is -2.26. The fourth-order valence-electron chi connectivity index (χ4n) is 4.41. The van der Waals surface area contributed by atoms with E-state index in [1.807, 2.05) is 55.3 Å². The van der Waals surface area contributed by atoms with Crippen molar-refractivity contribution < 1.29 is 4.79 Å². The Morgan fingerprint density at radius 1 is 1.17 bits per heavy atom. The van der Waals surface area contributed by atoms with Crippen molar-refractivity contribution >= 4 is 16.9 Å². The number of benzene rings is 2. The van der Waals surface area contributed by atoms with Crippen LogP contribution in [0.5, 0.6) is 0 Å². The van der Waals surface area contributed by atoms with Gasteiger partial charge >= 0.3 is 0 Å². The number of nitrogens with zero attached hydrogens (tertiary/aromatic N) is 4. The molecule has 1 atom stereocenters. The van der Waals surface area contributed by atoms with Crippen LogP contribution in [0.1, 0.15) is 42.0 Å². The average Bonchev–Trinajstić information content (AvgIpc) is 3.31. The first kappa shape index (κ1) is 19.6. The molecule has 1 amide bonds. The molecular formula is C24H30N4O. The molecule has 0 saturated carbocycles. The zero-order valence-corrected chi connectivity index (χ0v) is 18.0. The molecule has 5 heteroatoms. The highest BCUT2D eigenvalue weighted by Gasteiger charge is 2.30. The van der Waals surface area contributed by atoms with Crippen molar-refractivity contribution in [1.82, 2.24) is 19.4 Å². The Bertz CT molecular complexity index is 1050. The third-order valence-corrected chi connectivity index (χ3v) is 6.21. The number of rotatable bonds is 4. The summed E-state index contributed by atoms with van der Waals surface area (Å²) < 4.78 is 2.17. The Morgan fingerprint density at radius 2 is 1.93 bits per heavy atom. The Hall–Kier alpha value is -2.66. The molecule has 1 fully saturated rings. The van der Waals surface area contributed by atoms with Gasteiger partial charge in [-0.2, -0.15) is 0 Å². The first-order valence-corrected chi connectivity index (χ1v) is 10.4. The van der Waals surface area contributed by atoms with E-state index in [9.17, 15) is 4.79 Å². The number of imidazole rings is 1. The summed E-state index contributed by atoms with van der Waals surface area (Å²) in [6.07, 6.45) is 1.04. The summed E-state index contributed by atoms with van der Waals surface area (Å²) in [7, 11) is 1.94. The van der Waals surface area contributed by atoms with E-state index in [2.05, 4.69) is 41.3 Å². The molecule has 0 aliphatic carbocycles. The number of amides is 1. The smallest absolute Gasteiger partial charge is 0.253 e. The maximum absolute atomic E-state index is 13.1. The molecule has 2 heterocycles. The van der Waals surface area contributed by atoms with Gasteiger partial charge in [0.2, 0.25) is 0 Å². The van der Waals surface area contributed by atoms with E-state index in [4.69, 9.17) is 0 Å². The Balaban J connectivity index is 1.60. The Kier molecular flexibility index (Phi) is 5.17. The molecule has 0 spiro atoms. The molecule has 1 aliphatic rings. The van der Waals surface area contributed by atoms with Crippen LogP contribution < -0.4 is 0 Å². The van der Waals surface area contributed by atoms with Crippen LogP contribution >= 0.6 is 0 Å². The van der Waals surface area contributed by atoms with Gasteiger partial charge in [0.25, 0.3) is 5.91 Å². The molecule has 0 unspecified atom stereocenters. The molecular weight excluding hydrogens is 360 g/mol. The molecule has 2 aromatic carbocycles. The molecule has 1 aliphatic heterocycles. The fraction of sp³-hybridized carbons (Fsp3) is 0.417. The highest BCUT2D eigenvalue weighted by Crippen LogP contribution is 2.25. The number of likely N-dealkylation sites (N-methyl/N-ethyl adjacent to an activating group) is 1. The van der Waals surface area contributed by atoms with Crippen LogP contribution in [0.3, 0.4) is 0 Å². The molecule has 3 aromatic rings. The molecule has 152 valence electrons. The number of hydrogen-bond donors (Lipinski definition) is 0. The van der Waals surface area contributed by atoms with E-state index >= 15 is 0 Å². The quantitative estimate of drug-likeness (QED) is 0.670. The van der Waals surface area contributed by atoms with E-state index in [0.717, 1.165) is 53.2 Å². The average molecular weight is 391 g/mol. The summed E-state index contributed by atoms with van der Waals surface area (Å²) in [6, 6.07) is 15.0. The minimum absolute atomic E-state index is 0.0995. The highest BCUT2D eigenvalue weighted by molar-refractivity contribution is 5.95. The van der Waals surface area contributed by atoms with Gasteiger partial charge in [0.15, 0.2) is 0 Å². The van der Waals surface area contributed by atoms with E-state index in [1.165, 1.54) is 0 Å². The van der Waals surface area contributed by atoms with Crippen LogP contribution in [0.2, 0.25) is 0 Å². The van der Waals surface area contributed by atoms with Crippen molar-refractivity contribution in [1.29, 1.82) is 0 Å². The van der Waals surface area contributed by atoms with Gasteiger partial charge in [-0.1, -0.05) is 12.1 Å². The monoisotopic (exact) mass is 390 g/mol. The SMILES string of the molecule is Cc1cc(C(=O)N(C)[C@@H]2CCN(C(C)C)C2)ccc1-n1c(C)nc2ccccc21. The Morgan fingerprint density at radius 3 is 2.62 bits per heavy atom. The van der Waals surface area contributed by atoms with Crippen LogP contribution in [-0.4, -0.2) is 57.5 Å². The molecule has 4 rings (SSSR count). The van der Waals surface area contributed by atoms with Crippen molar-refractivity contribution in [3.05, 3.63) is 59.4 Å². The van der Waals surface area contributed by atoms with E-state index in [1.54, 1.807) is 0 Å². The Labute approximate surface area is 172 Å². The fourth-order valence-corrected chi connectivity index (χ4v) is 4.41. The van der Waals surface area contributed by atoms with Crippen molar-refractivity contribution in [2.75, 3.05) is 20.1 Å². The number of fused-ring (bicyclic) bond motifs is 1. The molecule has 5 nitrogen and oxygen atoms in total. The van der Waals surface area contributed by atoms with Crippen LogP contribution in [0.15, 0.2) is 42.5 Å². The summed E-state index contributed by atoms with van der Waals surface area (Å²) in [5.41, 5.74) is 4.97. The number of para-hydroxylation sites is 2. The number of carbonyl (C=O) groups is 1. The molecule has 1 aromatic heterocycles. The lowest BCUT2D eigenvalue weighted by atomic mass is 10.1. The standard InChI is InChI=1S/C24H30N4O/c1-16(2)27-13-12-20(15-27)26(5)24(29)19-10-11-22(17(3)14-19)28-18(4)25-21-8-6-7-9-23(21)28/h6-11,14,16,20H,12-13,15H2,1-5H3/t20-/m1/s1. The summed E-state index contributed by atoms with van der Waals surface area (Å²) >= 11 is 0. The number of likely N-dealkylation sites (tertiary alicyclic amines) is 1. The normalized spacial score (nSPS) is 17.4. The number of hydrogen-bond acceptors (Lipinski definition) is 3. The molecule has 0 bridgehead atoms. The molecule has 29 heavy (non-hydrogen) atoms. The van der Waals surface area contributed by atoms with E-state index < -0.39 is 0 Å². The van der Waals surface area contributed by atoms with Gasteiger partial charge in [0, 0.05) is 37.8 Å². The minimum atomic E-state index is 0.0995. The first-order chi connectivity index (χ1) is 13.9. The van der Waals surface area contributed by atoms with Gasteiger partial charge in [0.05, 0.1) is 16.7 Å². The first-order valence-electron chi connectivity index (χ1n) is 10.4. The molecule has 0 N–H and O–H groups in total. The molecule has 0 radical (unpaired) electrons. The van der Waals surface area contributed by atoms with Crippen LogP contribution in [0.4, 0.5) is 0 Å². The van der Waals surface area contributed by atoms with Crippen LogP contribution in [-0.2, 0) is 0 Å². The summed E-state index contributed by atoms with van der Waals surface area (Å²) in [5, 5.41) is 0. The molecule has 1 saturated heterocycles. The minimum Gasteiger partial charge on any atom is -0.337 e. The van der Waals surface area contributed by atoms with Gasteiger partial charge in [-0.15, -0.1) is 0 Å². The number of aromatic nitrogens is 2. The highest BCUT2D eigenvalue weighted by atomic mass is 16.2. The van der Waals surface area contributed by atoms with Crippen molar-refractivity contribution in [2.24, 2.45) is 0 Å². The second-order valence-electron chi connectivity index (χ2n) is 8.43. The maximum atomic E-state index is 13.1. The van der Waals surface area contributed by atoms with Crippen LogP contribution in [0, 0.1) is 13.8 Å². The van der Waals surface area contributed by atoms with Crippen molar-refractivity contribution in [2.45, 2.75) is 46.2 Å². The second kappa shape index (κ2) is 7.64. The topological polar surface area (TPSA) is 41.4 Å². The largest absolute Gasteiger partial charge is 0.337 e. The van der Waals surface area contributed by atoms with Gasteiger partial charge < -0.3 is 4.90 Å². The van der Waals surface area contributed by atoms with Gasteiger partial charge in [-0.3, -0.25) is 14.3 Å². The summed E-state index contributed by atoms with van der Waals surface area (Å²) in [4.78, 5) is 22.2. The van der Waals surface area contributed by atoms with Gasteiger partial charge in [0.1, 0.15) is 5.82 Å². The zero-order chi connectivity index (χ0) is 20.7. The van der Waals surface area contributed by atoms with Crippen molar-refractivity contribution in [3.63, 3.8) is 0 Å². The predicted molar refractivity (Wildman–Crippen MR) is 118 cm³/mol. The van der Waals surface area contributed by atoms with Crippen LogP contribution in [0.25, 0.3) is 16.7 Å². The third kappa shape index (κ3) is 3.55. The van der Waals surface area contributed by atoms with E-state index in [0.29, 0.717) is 6.04 Å². The van der Waals surface area contributed by atoms with Gasteiger partial charge in [-0.25, -0.2) is 4.98 Å². The van der Waals surface area contributed by atoms with Gasteiger partial charge in [-0.05, 0) is 70.0 Å². The zero-order valence-electron chi connectivity index (χ0n) is 18.0. The number of carbonyl (C=O) groups excluding carboxylic acids is 1. The lowest BCUT2D eigenvalue weighted by Crippen LogP contribution is -2.40. The third-order valence-electron chi connectivity index (χ3n) is 6.21. The maximum Gasteiger partial charge on any atom is 0.253 e. The predicted octanol–water partition coefficient (Wildman–Crippen LogP) is 4.20. The van der Waals surface area contributed by atoms with E-state index in [-0.39, 0.29) is 11.9 Å². The number of aryl methyl sites for hydroxylation is 2. The summed E-state index contributed by atoms with van der Waals surface area (Å²) in [5.74, 6) is 1.05.